The molecule has 5 nitrogen and oxygen atoms in total. The molecule has 0 saturated heterocycles. The minimum atomic E-state index is 0.445. The van der Waals surface area contributed by atoms with Crippen molar-refractivity contribution in [2.75, 3.05) is 16.8 Å². The Bertz CT molecular complexity index is 842. The standard InChI is InChI=1S/C18H17Cl2N5/c1-2-25(12-13-7-4-3-5-8-13)18-23-16(11-21-24-18)22-15-10-6-9-14(19)17(15)20/h3-11H,2,12H2,1H3,(H,22,23,24). The van der Waals surface area contributed by atoms with Gasteiger partial charge in [0.2, 0.25) is 5.95 Å². The third kappa shape index (κ3) is 4.38. The fourth-order valence-corrected chi connectivity index (χ4v) is 2.70. The zero-order valence-corrected chi connectivity index (χ0v) is 15.2. The van der Waals surface area contributed by atoms with E-state index in [1.54, 1.807) is 12.3 Å². The highest BCUT2D eigenvalue weighted by Crippen LogP contribution is 2.31. The molecule has 0 atom stereocenters. The summed E-state index contributed by atoms with van der Waals surface area (Å²) >= 11 is 12.3. The Balaban J connectivity index is 1.81. The van der Waals surface area contributed by atoms with E-state index in [9.17, 15) is 0 Å². The molecule has 128 valence electrons. The average molecular weight is 374 g/mol. The quantitative estimate of drug-likeness (QED) is 0.662. The van der Waals surface area contributed by atoms with E-state index in [2.05, 4.69) is 39.6 Å². The highest BCUT2D eigenvalue weighted by Gasteiger charge is 2.11. The molecule has 1 heterocycles. The summed E-state index contributed by atoms with van der Waals surface area (Å²) in [6.45, 7) is 3.53. The molecule has 0 spiro atoms. The number of benzene rings is 2. The molecule has 0 radical (unpaired) electrons. The largest absolute Gasteiger partial charge is 0.338 e. The minimum Gasteiger partial charge on any atom is -0.338 e. The molecule has 7 heteroatoms. The van der Waals surface area contributed by atoms with Gasteiger partial charge in [-0.2, -0.15) is 10.1 Å². The molecule has 3 rings (SSSR count). The van der Waals surface area contributed by atoms with E-state index >= 15 is 0 Å². The van der Waals surface area contributed by atoms with Gasteiger partial charge < -0.3 is 10.2 Å². The number of nitrogens with zero attached hydrogens (tertiary/aromatic N) is 4. The third-order valence-electron chi connectivity index (χ3n) is 3.64. The van der Waals surface area contributed by atoms with Crippen molar-refractivity contribution in [1.82, 2.24) is 15.2 Å². The van der Waals surface area contributed by atoms with Crippen LogP contribution in [0, 0.1) is 0 Å². The Kier molecular flexibility index (Phi) is 5.68. The Morgan fingerprint density at radius 2 is 1.84 bits per heavy atom. The number of anilines is 3. The normalized spacial score (nSPS) is 10.5. The topological polar surface area (TPSA) is 53.9 Å². The van der Waals surface area contributed by atoms with Crippen molar-refractivity contribution in [3.8, 4) is 0 Å². The van der Waals surface area contributed by atoms with Gasteiger partial charge in [0.1, 0.15) is 0 Å². The van der Waals surface area contributed by atoms with Crippen LogP contribution in [-0.4, -0.2) is 21.7 Å². The molecule has 1 aromatic heterocycles. The van der Waals surface area contributed by atoms with Crippen molar-refractivity contribution >= 4 is 40.7 Å². The van der Waals surface area contributed by atoms with Gasteiger partial charge in [0.25, 0.3) is 0 Å². The van der Waals surface area contributed by atoms with Crippen LogP contribution in [0.5, 0.6) is 0 Å². The second-order valence-corrected chi connectivity index (χ2v) is 6.15. The predicted molar refractivity (Wildman–Crippen MR) is 103 cm³/mol. The van der Waals surface area contributed by atoms with Gasteiger partial charge in [0, 0.05) is 13.1 Å². The van der Waals surface area contributed by atoms with Crippen LogP contribution in [0.15, 0.2) is 54.7 Å². The van der Waals surface area contributed by atoms with Crippen LogP contribution in [0.25, 0.3) is 0 Å². The maximum atomic E-state index is 6.21. The van der Waals surface area contributed by atoms with Crippen LogP contribution in [0.4, 0.5) is 17.5 Å². The summed E-state index contributed by atoms with van der Waals surface area (Å²) in [6.07, 6.45) is 1.55. The zero-order chi connectivity index (χ0) is 17.6. The first-order chi connectivity index (χ1) is 12.2. The fraction of sp³-hybridized carbons (Fsp3) is 0.167. The molecule has 25 heavy (non-hydrogen) atoms. The molecule has 3 aromatic rings. The smallest absolute Gasteiger partial charge is 0.247 e. The molecule has 0 fully saturated rings. The number of rotatable bonds is 6. The molecule has 2 aromatic carbocycles. The summed E-state index contributed by atoms with van der Waals surface area (Å²) in [5.41, 5.74) is 1.86. The SMILES string of the molecule is CCN(Cc1ccccc1)c1nncc(Nc2cccc(Cl)c2Cl)n1. The Morgan fingerprint density at radius 1 is 1.04 bits per heavy atom. The molecular formula is C18H17Cl2N5. The molecule has 0 unspecified atom stereocenters. The third-order valence-corrected chi connectivity index (χ3v) is 4.46. The van der Waals surface area contributed by atoms with Gasteiger partial charge in [-0.1, -0.05) is 59.6 Å². The molecule has 0 aliphatic rings. The first kappa shape index (κ1) is 17.5. The second kappa shape index (κ2) is 8.14. The summed E-state index contributed by atoms with van der Waals surface area (Å²) < 4.78 is 0. The highest BCUT2D eigenvalue weighted by atomic mass is 35.5. The highest BCUT2D eigenvalue weighted by molar-refractivity contribution is 6.43. The number of hydrogen-bond donors (Lipinski definition) is 1. The van der Waals surface area contributed by atoms with Crippen molar-refractivity contribution in [1.29, 1.82) is 0 Å². The van der Waals surface area contributed by atoms with Crippen LogP contribution in [0.1, 0.15) is 12.5 Å². The predicted octanol–water partition coefficient (Wildman–Crippen LogP) is 4.95. The van der Waals surface area contributed by atoms with Crippen molar-refractivity contribution in [2.45, 2.75) is 13.5 Å². The van der Waals surface area contributed by atoms with E-state index in [1.165, 1.54) is 5.56 Å². The Morgan fingerprint density at radius 3 is 2.60 bits per heavy atom. The van der Waals surface area contributed by atoms with Gasteiger partial charge in [0.05, 0.1) is 21.9 Å². The fourth-order valence-electron chi connectivity index (χ4n) is 2.35. The summed E-state index contributed by atoms with van der Waals surface area (Å²) in [4.78, 5) is 6.59. The van der Waals surface area contributed by atoms with E-state index in [-0.39, 0.29) is 0 Å². The van der Waals surface area contributed by atoms with Crippen LogP contribution in [0.3, 0.4) is 0 Å². The number of nitrogens with one attached hydrogen (secondary N) is 1. The van der Waals surface area contributed by atoms with Crippen LogP contribution >= 0.6 is 23.2 Å². The first-order valence-electron chi connectivity index (χ1n) is 7.87. The second-order valence-electron chi connectivity index (χ2n) is 5.37. The van der Waals surface area contributed by atoms with Gasteiger partial charge in [-0.15, -0.1) is 5.10 Å². The molecular weight excluding hydrogens is 357 g/mol. The van der Waals surface area contributed by atoms with E-state index in [0.29, 0.717) is 34.0 Å². The maximum absolute atomic E-state index is 6.21. The van der Waals surface area contributed by atoms with Gasteiger partial charge in [-0.05, 0) is 24.6 Å². The zero-order valence-electron chi connectivity index (χ0n) is 13.7. The summed E-state index contributed by atoms with van der Waals surface area (Å²) in [6, 6.07) is 15.6. The van der Waals surface area contributed by atoms with E-state index in [1.807, 2.05) is 35.2 Å². The van der Waals surface area contributed by atoms with Gasteiger partial charge >= 0.3 is 0 Å². The molecule has 0 aliphatic heterocycles. The van der Waals surface area contributed by atoms with Crippen molar-refractivity contribution in [3.05, 3.63) is 70.3 Å². The average Bonchev–Trinajstić information content (AvgIpc) is 2.64. The lowest BCUT2D eigenvalue weighted by atomic mass is 10.2. The molecule has 0 amide bonds. The number of hydrogen-bond acceptors (Lipinski definition) is 5. The summed E-state index contributed by atoms with van der Waals surface area (Å²) in [5, 5.41) is 12.3. The van der Waals surface area contributed by atoms with Crippen molar-refractivity contribution < 1.29 is 0 Å². The maximum Gasteiger partial charge on any atom is 0.247 e. The van der Waals surface area contributed by atoms with Crippen LogP contribution < -0.4 is 10.2 Å². The van der Waals surface area contributed by atoms with Gasteiger partial charge in [-0.25, -0.2) is 0 Å². The van der Waals surface area contributed by atoms with Gasteiger partial charge in [0.15, 0.2) is 5.82 Å². The van der Waals surface area contributed by atoms with E-state index < -0.39 is 0 Å². The molecule has 1 N–H and O–H groups in total. The summed E-state index contributed by atoms with van der Waals surface area (Å²) in [7, 11) is 0. The monoisotopic (exact) mass is 373 g/mol. The summed E-state index contributed by atoms with van der Waals surface area (Å²) in [5.74, 6) is 1.11. The lowest BCUT2D eigenvalue weighted by molar-refractivity contribution is 0.771. The Hall–Kier alpha value is -2.37. The minimum absolute atomic E-state index is 0.445. The van der Waals surface area contributed by atoms with E-state index in [0.717, 1.165) is 6.54 Å². The molecule has 0 saturated carbocycles. The van der Waals surface area contributed by atoms with Crippen molar-refractivity contribution in [2.24, 2.45) is 0 Å². The van der Waals surface area contributed by atoms with Gasteiger partial charge in [-0.3, -0.25) is 0 Å². The number of aromatic nitrogens is 3. The molecule has 0 aliphatic carbocycles. The lowest BCUT2D eigenvalue weighted by Crippen LogP contribution is -2.24. The van der Waals surface area contributed by atoms with Crippen LogP contribution in [0.2, 0.25) is 10.0 Å². The van der Waals surface area contributed by atoms with E-state index in [4.69, 9.17) is 23.2 Å². The van der Waals surface area contributed by atoms with Crippen LogP contribution in [-0.2, 0) is 6.54 Å². The first-order valence-corrected chi connectivity index (χ1v) is 8.62. The lowest BCUT2D eigenvalue weighted by Gasteiger charge is -2.20. The Labute approximate surface area is 156 Å². The van der Waals surface area contributed by atoms with Crippen molar-refractivity contribution in [3.63, 3.8) is 0 Å². The number of halogens is 2. The molecule has 0 bridgehead atoms.